The molecule has 0 amide bonds. The second-order valence-electron chi connectivity index (χ2n) is 9.54. The zero-order valence-corrected chi connectivity index (χ0v) is 23.4. The number of aryl methyl sites for hydroxylation is 2. The molecule has 0 fully saturated rings. The van der Waals surface area contributed by atoms with Gasteiger partial charge in [0.1, 0.15) is 11.3 Å². The Balaban J connectivity index is 2.00. The van der Waals surface area contributed by atoms with Crippen LogP contribution >= 0.6 is 0 Å². The largest absolute Gasteiger partial charge is 0.481 e. The van der Waals surface area contributed by atoms with Crippen LogP contribution in [0.15, 0.2) is 89.9 Å². The summed E-state index contributed by atoms with van der Waals surface area (Å²) in [7, 11) is 1.58. The third kappa shape index (κ3) is 5.60. The average molecular weight is 519 g/mol. The number of hydrogen-bond acceptors (Lipinski definition) is 4. The maximum absolute atomic E-state index is 14.0. The van der Waals surface area contributed by atoms with Crippen LogP contribution < -0.4 is 10.3 Å². The van der Waals surface area contributed by atoms with Crippen molar-refractivity contribution in [1.82, 2.24) is 19.6 Å². The highest BCUT2D eigenvalue weighted by molar-refractivity contribution is 5.91. The molecule has 6 heteroatoms. The molecule has 39 heavy (non-hydrogen) atoms. The minimum atomic E-state index is -0.197. The molecule has 1 N–H and O–H groups in total. The van der Waals surface area contributed by atoms with Crippen LogP contribution in [0.5, 0.6) is 5.88 Å². The third-order valence-corrected chi connectivity index (χ3v) is 6.40. The first-order chi connectivity index (χ1) is 18.8. The molecule has 1 aromatic carbocycles. The summed E-state index contributed by atoms with van der Waals surface area (Å²) in [5.74, 6) is 0.502. The van der Waals surface area contributed by atoms with Crippen molar-refractivity contribution in [2.75, 3.05) is 7.11 Å². The average Bonchev–Trinajstić information content (AvgIpc) is 3.29. The lowest BCUT2D eigenvalue weighted by atomic mass is 9.98. The molecular formula is C33H34N4O2. The van der Waals surface area contributed by atoms with Gasteiger partial charge in [0.05, 0.1) is 18.2 Å². The van der Waals surface area contributed by atoms with E-state index in [1.165, 1.54) is 10.1 Å². The Labute approximate surface area is 229 Å². The van der Waals surface area contributed by atoms with Gasteiger partial charge in [-0.3, -0.25) is 4.79 Å². The molecule has 0 bridgehead atoms. The second-order valence-corrected chi connectivity index (χ2v) is 9.54. The zero-order chi connectivity index (χ0) is 28.1. The Kier molecular flexibility index (Phi) is 8.25. The van der Waals surface area contributed by atoms with Crippen molar-refractivity contribution in [3.05, 3.63) is 118 Å². The molecule has 4 aromatic rings. The quantitative estimate of drug-likeness (QED) is 0.245. The van der Waals surface area contributed by atoms with Crippen LogP contribution in [0.3, 0.4) is 0 Å². The number of rotatable bonds is 8. The highest BCUT2D eigenvalue weighted by Crippen LogP contribution is 2.33. The summed E-state index contributed by atoms with van der Waals surface area (Å²) in [5.41, 5.74) is 9.05. The predicted molar refractivity (Wildman–Crippen MR) is 162 cm³/mol. The highest BCUT2D eigenvalue weighted by atomic mass is 16.5. The van der Waals surface area contributed by atoms with Gasteiger partial charge in [-0.1, -0.05) is 66.8 Å². The molecule has 0 aliphatic rings. The van der Waals surface area contributed by atoms with E-state index in [0.717, 1.165) is 39.1 Å². The number of fused-ring (bicyclic) bond motifs is 1. The maximum Gasteiger partial charge on any atom is 0.282 e. The van der Waals surface area contributed by atoms with Crippen molar-refractivity contribution in [1.29, 1.82) is 0 Å². The SMILES string of the molecule is C=C/C=C(\C=C/C)c1c(-c2ccc(OC)nc2)nn2c(=O)c(-c3ccc(C)c(/C=C\C=C(C)C)c3)c(C)[nH]c12. The first-order valence-electron chi connectivity index (χ1n) is 12.8. The Morgan fingerprint density at radius 1 is 1.10 bits per heavy atom. The lowest BCUT2D eigenvalue weighted by Crippen LogP contribution is -2.19. The molecule has 0 aliphatic carbocycles. The third-order valence-electron chi connectivity index (χ3n) is 6.40. The number of benzene rings is 1. The summed E-state index contributed by atoms with van der Waals surface area (Å²) >= 11 is 0. The standard InChI is InChI=1S/C33H34N4O2/c1-8-11-24(12-9-2)30-31(27-17-18-28(39-7)34-20-27)36-37-32(30)35-23(6)29(33(37)38)26-16-15-22(5)25(19-26)14-10-13-21(3)4/h8-20,35H,1H2,2-7H3/b12-9-,14-10-,24-11+. The van der Waals surface area contributed by atoms with Gasteiger partial charge in [-0.05, 0) is 69.0 Å². The predicted octanol–water partition coefficient (Wildman–Crippen LogP) is 7.50. The number of methoxy groups -OCH3 is 1. The molecule has 0 spiro atoms. The van der Waals surface area contributed by atoms with E-state index < -0.39 is 0 Å². The molecule has 0 atom stereocenters. The van der Waals surface area contributed by atoms with Crippen LogP contribution in [0.2, 0.25) is 0 Å². The van der Waals surface area contributed by atoms with E-state index in [-0.39, 0.29) is 5.56 Å². The minimum Gasteiger partial charge on any atom is -0.481 e. The van der Waals surface area contributed by atoms with Crippen molar-refractivity contribution in [3.8, 4) is 28.3 Å². The van der Waals surface area contributed by atoms with Gasteiger partial charge < -0.3 is 9.72 Å². The van der Waals surface area contributed by atoms with Crippen molar-refractivity contribution in [3.63, 3.8) is 0 Å². The first kappa shape index (κ1) is 27.3. The van der Waals surface area contributed by atoms with Crippen molar-refractivity contribution < 1.29 is 4.74 Å². The van der Waals surface area contributed by atoms with Crippen LogP contribution in [0, 0.1) is 13.8 Å². The van der Waals surface area contributed by atoms with Crippen LogP contribution in [0.25, 0.3) is 39.7 Å². The monoisotopic (exact) mass is 518 g/mol. The van der Waals surface area contributed by atoms with E-state index in [1.807, 2.05) is 56.4 Å². The van der Waals surface area contributed by atoms with Gasteiger partial charge >= 0.3 is 0 Å². The van der Waals surface area contributed by atoms with E-state index in [9.17, 15) is 4.79 Å². The number of aromatic nitrogens is 4. The summed E-state index contributed by atoms with van der Waals surface area (Å²) in [6.45, 7) is 13.9. The topological polar surface area (TPSA) is 72.3 Å². The molecule has 0 unspecified atom stereocenters. The minimum absolute atomic E-state index is 0.197. The number of hydrogen-bond donors (Lipinski definition) is 1. The molecular weight excluding hydrogens is 484 g/mol. The second kappa shape index (κ2) is 11.8. The zero-order valence-electron chi connectivity index (χ0n) is 23.4. The number of pyridine rings is 1. The van der Waals surface area contributed by atoms with Gasteiger partial charge in [-0.2, -0.15) is 9.61 Å². The fraction of sp³-hybridized carbons (Fsp3) is 0.182. The van der Waals surface area contributed by atoms with Gasteiger partial charge in [0.15, 0.2) is 0 Å². The summed E-state index contributed by atoms with van der Waals surface area (Å²) in [4.78, 5) is 21.9. The van der Waals surface area contributed by atoms with E-state index in [2.05, 4.69) is 55.5 Å². The first-order valence-corrected chi connectivity index (χ1v) is 12.8. The fourth-order valence-corrected chi connectivity index (χ4v) is 4.49. The Hall–Kier alpha value is -4.71. The van der Waals surface area contributed by atoms with Gasteiger partial charge in [0, 0.05) is 23.5 Å². The van der Waals surface area contributed by atoms with E-state index in [0.29, 0.717) is 22.8 Å². The van der Waals surface area contributed by atoms with Crippen LogP contribution in [0.4, 0.5) is 0 Å². The van der Waals surface area contributed by atoms with Crippen molar-refractivity contribution >= 4 is 17.3 Å². The molecule has 6 nitrogen and oxygen atoms in total. The van der Waals surface area contributed by atoms with Crippen LogP contribution in [0.1, 0.15) is 43.2 Å². The number of nitrogens with zero attached hydrogens (tertiary/aromatic N) is 3. The number of nitrogens with one attached hydrogen (secondary N) is 1. The number of aromatic amines is 1. The van der Waals surface area contributed by atoms with E-state index in [4.69, 9.17) is 9.84 Å². The van der Waals surface area contributed by atoms with Gasteiger partial charge in [-0.15, -0.1) is 0 Å². The molecule has 3 heterocycles. The summed E-state index contributed by atoms with van der Waals surface area (Å²) in [6.07, 6.45) is 15.4. The van der Waals surface area contributed by atoms with E-state index >= 15 is 0 Å². The smallest absolute Gasteiger partial charge is 0.282 e. The van der Waals surface area contributed by atoms with Crippen molar-refractivity contribution in [2.45, 2.75) is 34.6 Å². The molecule has 3 aromatic heterocycles. The fourth-order valence-electron chi connectivity index (χ4n) is 4.49. The molecule has 4 rings (SSSR count). The van der Waals surface area contributed by atoms with Gasteiger partial charge in [-0.25, -0.2) is 4.98 Å². The number of ether oxygens (including phenoxy) is 1. The highest BCUT2D eigenvalue weighted by Gasteiger charge is 2.22. The molecule has 0 saturated heterocycles. The Morgan fingerprint density at radius 3 is 2.51 bits per heavy atom. The molecule has 0 saturated carbocycles. The summed E-state index contributed by atoms with van der Waals surface area (Å²) in [5, 5.41) is 4.82. The summed E-state index contributed by atoms with van der Waals surface area (Å²) in [6, 6.07) is 9.75. The molecule has 0 aliphatic heterocycles. The van der Waals surface area contributed by atoms with Gasteiger partial charge in [0.2, 0.25) is 5.88 Å². The maximum atomic E-state index is 14.0. The lowest BCUT2D eigenvalue weighted by molar-refractivity contribution is 0.398. The summed E-state index contributed by atoms with van der Waals surface area (Å²) < 4.78 is 6.69. The van der Waals surface area contributed by atoms with Crippen molar-refractivity contribution in [2.24, 2.45) is 0 Å². The number of allylic oxidation sites excluding steroid dienone is 8. The lowest BCUT2D eigenvalue weighted by Gasteiger charge is -2.10. The Bertz CT molecular complexity index is 1710. The molecule has 0 radical (unpaired) electrons. The van der Waals surface area contributed by atoms with Crippen LogP contribution in [-0.2, 0) is 0 Å². The number of H-pyrrole nitrogens is 1. The Morgan fingerprint density at radius 2 is 1.87 bits per heavy atom. The molecule has 198 valence electrons. The van der Waals surface area contributed by atoms with Crippen LogP contribution in [-0.4, -0.2) is 26.7 Å². The van der Waals surface area contributed by atoms with E-state index in [1.54, 1.807) is 25.4 Å². The normalized spacial score (nSPS) is 12.0. The van der Waals surface area contributed by atoms with Gasteiger partial charge in [0.25, 0.3) is 5.56 Å².